The largest absolute Gasteiger partial charge is 0.481 e. The molecular weight excluding hydrogens is 460 g/mol. The average molecular weight is 475 g/mol. The summed E-state index contributed by atoms with van der Waals surface area (Å²) in [5.74, 6) is -0.345. The SMILES string of the molecule is O=C(Nc1cnoc1-c1cc2sc(C3(C(=O)O)CC3)cc2s1)OCc1ccccc1Cl. The van der Waals surface area contributed by atoms with Crippen LogP contribution in [0.25, 0.3) is 20.0 Å². The summed E-state index contributed by atoms with van der Waals surface area (Å²) in [7, 11) is 0. The fraction of sp³-hybridized carbons (Fsp3) is 0.190. The van der Waals surface area contributed by atoms with Gasteiger partial charge in [-0.25, -0.2) is 4.79 Å². The number of ether oxygens (including phenoxy) is 1. The number of aliphatic carboxylic acids is 1. The van der Waals surface area contributed by atoms with Crippen molar-refractivity contribution in [2.75, 3.05) is 5.32 Å². The average Bonchev–Trinajstić information content (AvgIpc) is 3.04. The van der Waals surface area contributed by atoms with E-state index in [4.69, 9.17) is 20.9 Å². The molecule has 1 aliphatic rings. The third-order valence-corrected chi connectivity index (χ3v) is 8.05. The molecule has 0 unspecified atom stereocenters. The van der Waals surface area contributed by atoms with E-state index < -0.39 is 17.5 Å². The van der Waals surface area contributed by atoms with Crippen molar-refractivity contribution in [2.45, 2.75) is 24.9 Å². The summed E-state index contributed by atoms with van der Waals surface area (Å²) in [4.78, 5) is 25.5. The minimum Gasteiger partial charge on any atom is -0.481 e. The maximum atomic E-state index is 12.2. The van der Waals surface area contributed by atoms with Crippen molar-refractivity contribution < 1.29 is 24.0 Å². The normalized spacial score (nSPS) is 14.5. The fourth-order valence-electron chi connectivity index (χ4n) is 3.29. The molecule has 0 spiro atoms. The summed E-state index contributed by atoms with van der Waals surface area (Å²) in [6.07, 6.45) is 2.11. The van der Waals surface area contributed by atoms with Crippen LogP contribution < -0.4 is 5.32 Å². The number of carboxylic acids is 1. The van der Waals surface area contributed by atoms with Gasteiger partial charge in [0, 0.05) is 24.9 Å². The highest BCUT2D eigenvalue weighted by atomic mass is 35.5. The minimum absolute atomic E-state index is 0.0367. The first-order chi connectivity index (χ1) is 15.0. The van der Waals surface area contributed by atoms with Gasteiger partial charge >= 0.3 is 12.1 Å². The van der Waals surface area contributed by atoms with Gasteiger partial charge in [0.2, 0.25) is 0 Å². The second-order valence-electron chi connectivity index (χ2n) is 7.20. The van der Waals surface area contributed by atoms with Crippen LogP contribution in [0.1, 0.15) is 23.3 Å². The van der Waals surface area contributed by atoms with Crippen molar-refractivity contribution in [3.05, 3.63) is 58.1 Å². The molecule has 2 N–H and O–H groups in total. The molecule has 4 aromatic rings. The molecule has 7 nitrogen and oxygen atoms in total. The fourth-order valence-corrected chi connectivity index (χ4v) is 6.10. The van der Waals surface area contributed by atoms with Crippen molar-refractivity contribution in [3.8, 4) is 10.6 Å². The maximum Gasteiger partial charge on any atom is 0.412 e. The number of amides is 1. The second kappa shape index (κ2) is 7.67. The number of fused-ring (bicyclic) bond motifs is 1. The van der Waals surface area contributed by atoms with Crippen molar-refractivity contribution in [1.82, 2.24) is 5.16 Å². The Morgan fingerprint density at radius 1 is 1.23 bits per heavy atom. The number of carboxylic acid groups (broad SMARTS) is 1. The van der Waals surface area contributed by atoms with Gasteiger partial charge in [-0.2, -0.15) is 0 Å². The number of carbonyl (C=O) groups is 2. The number of hydrogen-bond donors (Lipinski definition) is 2. The zero-order valence-electron chi connectivity index (χ0n) is 15.9. The van der Waals surface area contributed by atoms with Crippen molar-refractivity contribution in [3.63, 3.8) is 0 Å². The topological polar surface area (TPSA) is 102 Å². The Bertz CT molecular complexity index is 1270. The van der Waals surface area contributed by atoms with Crippen LogP contribution in [0.5, 0.6) is 0 Å². The Hall–Kier alpha value is -2.88. The molecule has 0 saturated heterocycles. The minimum atomic E-state index is -0.765. The standard InChI is InChI=1S/C21H15ClN2O5S2/c22-12-4-2-1-3-11(12)10-28-20(27)24-13-9-23-29-18(13)16-7-14-15(30-16)8-17(31-14)21(5-6-21)19(25)26/h1-4,7-9H,5-6,10H2,(H,24,27)(H,25,26). The molecule has 3 aromatic heterocycles. The molecule has 10 heteroatoms. The summed E-state index contributed by atoms with van der Waals surface area (Å²) >= 11 is 9.02. The van der Waals surface area contributed by atoms with E-state index in [1.807, 2.05) is 18.2 Å². The van der Waals surface area contributed by atoms with Gasteiger partial charge in [0.15, 0.2) is 5.76 Å². The van der Waals surface area contributed by atoms with Gasteiger partial charge in [-0.3, -0.25) is 10.1 Å². The van der Waals surface area contributed by atoms with Crippen LogP contribution in [-0.4, -0.2) is 22.3 Å². The molecule has 0 aliphatic heterocycles. The lowest BCUT2D eigenvalue weighted by Gasteiger charge is -2.07. The lowest BCUT2D eigenvalue weighted by molar-refractivity contribution is -0.139. The quantitative estimate of drug-likeness (QED) is 0.348. The third-order valence-electron chi connectivity index (χ3n) is 5.19. The molecule has 1 amide bonds. The molecule has 0 atom stereocenters. The van der Waals surface area contributed by atoms with Gasteiger partial charge in [-0.15, -0.1) is 22.7 Å². The molecule has 1 fully saturated rings. The van der Waals surface area contributed by atoms with E-state index in [-0.39, 0.29) is 6.61 Å². The number of carbonyl (C=O) groups excluding carboxylic acids is 1. The van der Waals surface area contributed by atoms with Crippen molar-refractivity contribution in [2.24, 2.45) is 0 Å². The number of rotatable bonds is 6. The van der Waals surface area contributed by atoms with E-state index in [0.717, 1.165) is 19.2 Å². The zero-order chi connectivity index (χ0) is 21.6. The van der Waals surface area contributed by atoms with Crippen LogP contribution in [0.15, 0.2) is 47.1 Å². The molecule has 31 heavy (non-hydrogen) atoms. The van der Waals surface area contributed by atoms with Gasteiger partial charge in [0.1, 0.15) is 17.7 Å². The van der Waals surface area contributed by atoms with Crippen LogP contribution in [-0.2, 0) is 21.6 Å². The number of thiophene rings is 2. The number of halogens is 1. The summed E-state index contributed by atoms with van der Waals surface area (Å²) in [5.41, 5.74) is 0.380. The monoisotopic (exact) mass is 474 g/mol. The van der Waals surface area contributed by atoms with Crippen LogP contribution in [0, 0.1) is 0 Å². The summed E-state index contributed by atoms with van der Waals surface area (Å²) < 4.78 is 12.6. The second-order valence-corrected chi connectivity index (χ2v) is 9.77. The highest BCUT2D eigenvalue weighted by Gasteiger charge is 2.53. The van der Waals surface area contributed by atoms with Crippen LogP contribution in [0.2, 0.25) is 5.02 Å². The van der Waals surface area contributed by atoms with Gasteiger partial charge in [-0.05, 0) is 31.0 Å². The first-order valence-electron chi connectivity index (χ1n) is 9.36. The first kappa shape index (κ1) is 20.0. The van der Waals surface area contributed by atoms with E-state index in [2.05, 4.69) is 10.5 Å². The Morgan fingerprint density at radius 2 is 2.00 bits per heavy atom. The van der Waals surface area contributed by atoms with E-state index in [9.17, 15) is 14.7 Å². The predicted octanol–water partition coefficient (Wildman–Crippen LogP) is 6.14. The first-order valence-corrected chi connectivity index (χ1v) is 11.4. The highest BCUT2D eigenvalue weighted by molar-refractivity contribution is 7.29. The molecule has 1 saturated carbocycles. The molecule has 1 aliphatic carbocycles. The van der Waals surface area contributed by atoms with Crippen molar-refractivity contribution >= 4 is 61.4 Å². The highest BCUT2D eigenvalue weighted by Crippen LogP contribution is 2.53. The lowest BCUT2D eigenvalue weighted by atomic mass is 10.1. The third kappa shape index (κ3) is 3.69. The van der Waals surface area contributed by atoms with E-state index in [1.54, 1.807) is 18.2 Å². The summed E-state index contributed by atoms with van der Waals surface area (Å²) in [5, 5.41) is 16.5. The van der Waals surface area contributed by atoms with Crippen molar-refractivity contribution in [1.29, 1.82) is 0 Å². The molecular formula is C21H15ClN2O5S2. The molecule has 3 heterocycles. The van der Waals surface area contributed by atoms with Gasteiger partial charge in [0.25, 0.3) is 0 Å². The molecule has 1 aromatic carbocycles. The lowest BCUT2D eigenvalue weighted by Crippen LogP contribution is -2.17. The number of hydrogen-bond acceptors (Lipinski definition) is 7. The molecule has 5 rings (SSSR count). The smallest absolute Gasteiger partial charge is 0.412 e. The van der Waals surface area contributed by atoms with Gasteiger partial charge < -0.3 is 14.4 Å². The van der Waals surface area contributed by atoms with Gasteiger partial charge in [0.05, 0.1) is 11.1 Å². The Labute approximate surface area is 189 Å². The van der Waals surface area contributed by atoms with E-state index >= 15 is 0 Å². The molecule has 0 radical (unpaired) electrons. The zero-order valence-corrected chi connectivity index (χ0v) is 18.3. The maximum absolute atomic E-state index is 12.2. The number of nitrogens with one attached hydrogen (secondary N) is 1. The Morgan fingerprint density at radius 3 is 2.71 bits per heavy atom. The number of aromatic nitrogens is 1. The number of benzene rings is 1. The number of anilines is 1. The van der Waals surface area contributed by atoms with E-state index in [0.29, 0.717) is 34.9 Å². The Kier molecular flexibility index (Phi) is 4.96. The summed E-state index contributed by atoms with van der Waals surface area (Å²) in [6.45, 7) is 0.0367. The number of nitrogens with zero attached hydrogens (tertiary/aromatic N) is 1. The van der Waals surface area contributed by atoms with Crippen LogP contribution in [0.3, 0.4) is 0 Å². The van der Waals surface area contributed by atoms with E-state index in [1.165, 1.54) is 28.9 Å². The van der Waals surface area contributed by atoms with Crippen LogP contribution >= 0.6 is 34.3 Å². The Balaban J connectivity index is 1.31. The summed E-state index contributed by atoms with van der Waals surface area (Å²) in [6, 6.07) is 11.0. The molecule has 158 valence electrons. The molecule has 0 bridgehead atoms. The van der Waals surface area contributed by atoms with Crippen LogP contribution in [0.4, 0.5) is 10.5 Å². The predicted molar refractivity (Wildman–Crippen MR) is 119 cm³/mol. The van der Waals surface area contributed by atoms with Gasteiger partial charge in [-0.1, -0.05) is 35.0 Å².